The standard InChI is InChI=1S/C11H21NO5/c1-5-8(15-2)7-12-9(11(14)17-4)6-10(13)16-3/h8-9,12H,5-7H2,1-4H3. The van der Waals surface area contributed by atoms with E-state index in [4.69, 9.17) is 4.74 Å². The van der Waals surface area contributed by atoms with Crippen molar-refractivity contribution in [3.8, 4) is 0 Å². The van der Waals surface area contributed by atoms with E-state index in [1.807, 2.05) is 6.92 Å². The molecule has 100 valence electrons. The Kier molecular flexibility index (Phi) is 8.35. The van der Waals surface area contributed by atoms with Crippen LogP contribution in [0, 0.1) is 0 Å². The molecule has 1 N–H and O–H groups in total. The number of ether oxygens (including phenoxy) is 3. The number of nitrogens with one attached hydrogen (secondary N) is 1. The minimum absolute atomic E-state index is 0.000182. The minimum Gasteiger partial charge on any atom is -0.469 e. The summed E-state index contributed by atoms with van der Waals surface area (Å²) in [5.74, 6) is -0.945. The van der Waals surface area contributed by atoms with Gasteiger partial charge in [-0.15, -0.1) is 0 Å². The molecular formula is C11H21NO5. The van der Waals surface area contributed by atoms with Crippen molar-refractivity contribution in [3.05, 3.63) is 0 Å². The molecule has 2 atom stereocenters. The van der Waals surface area contributed by atoms with E-state index in [9.17, 15) is 9.59 Å². The zero-order valence-corrected chi connectivity index (χ0v) is 10.8. The molecule has 0 fully saturated rings. The zero-order chi connectivity index (χ0) is 13.3. The highest BCUT2D eigenvalue weighted by Gasteiger charge is 2.23. The summed E-state index contributed by atoms with van der Waals surface area (Å²) in [6, 6.07) is -0.698. The van der Waals surface area contributed by atoms with Crippen LogP contribution in [-0.4, -0.2) is 52.0 Å². The quantitative estimate of drug-likeness (QED) is 0.613. The summed E-state index contributed by atoms with van der Waals surface area (Å²) in [6.45, 7) is 2.45. The lowest BCUT2D eigenvalue weighted by atomic mass is 10.2. The first-order chi connectivity index (χ1) is 8.08. The molecule has 0 radical (unpaired) electrons. The predicted octanol–water partition coefficient (Wildman–Crippen LogP) is 0.106. The summed E-state index contributed by atoms with van der Waals surface area (Å²) < 4.78 is 14.3. The molecule has 0 saturated heterocycles. The molecule has 0 spiro atoms. The second-order valence-electron chi connectivity index (χ2n) is 3.53. The number of esters is 2. The van der Waals surface area contributed by atoms with Crippen LogP contribution in [-0.2, 0) is 23.8 Å². The van der Waals surface area contributed by atoms with Gasteiger partial charge in [0.1, 0.15) is 6.04 Å². The largest absolute Gasteiger partial charge is 0.469 e. The maximum absolute atomic E-state index is 11.4. The summed E-state index contributed by atoms with van der Waals surface area (Å²) >= 11 is 0. The summed E-state index contributed by atoms with van der Waals surface area (Å²) in [5, 5.41) is 2.94. The Morgan fingerprint density at radius 3 is 2.24 bits per heavy atom. The Bertz CT molecular complexity index is 240. The maximum Gasteiger partial charge on any atom is 0.323 e. The number of hydrogen-bond donors (Lipinski definition) is 1. The van der Waals surface area contributed by atoms with Crippen LogP contribution in [0.15, 0.2) is 0 Å². The fourth-order valence-corrected chi connectivity index (χ4v) is 1.30. The highest BCUT2D eigenvalue weighted by Crippen LogP contribution is 2.00. The highest BCUT2D eigenvalue weighted by atomic mass is 16.5. The monoisotopic (exact) mass is 247 g/mol. The van der Waals surface area contributed by atoms with Gasteiger partial charge in [0.2, 0.25) is 0 Å². The third-order valence-corrected chi connectivity index (χ3v) is 2.46. The summed E-state index contributed by atoms with van der Waals surface area (Å²) in [5.41, 5.74) is 0. The molecule has 0 saturated carbocycles. The van der Waals surface area contributed by atoms with Crippen LogP contribution in [0.25, 0.3) is 0 Å². The van der Waals surface area contributed by atoms with Gasteiger partial charge in [0.05, 0.1) is 26.7 Å². The molecule has 0 rings (SSSR count). The van der Waals surface area contributed by atoms with Gasteiger partial charge in [0.15, 0.2) is 0 Å². The molecule has 0 aliphatic rings. The van der Waals surface area contributed by atoms with Crippen molar-refractivity contribution in [2.75, 3.05) is 27.9 Å². The fourth-order valence-electron chi connectivity index (χ4n) is 1.30. The molecule has 0 bridgehead atoms. The van der Waals surface area contributed by atoms with E-state index < -0.39 is 18.0 Å². The molecule has 0 aliphatic heterocycles. The van der Waals surface area contributed by atoms with Gasteiger partial charge >= 0.3 is 11.9 Å². The van der Waals surface area contributed by atoms with Crippen molar-refractivity contribution >= 4 is 11.9 Å². The summed E-state index contributed by atoms with van der Waals surface area (Å²) in [4.78, 5) is 22.5. The Hall–Kier alpha value is -1.14. The van der Waals surface area contributed by atoms with E-state index >= 15 is 0 Å². The van der Waals surface area contributed by atoms with E-state index in [1.165, 1.54) is 14.2 Å². The number of rotatable bonds is 8. The van der Waals surface area contributed by atoms with Crippen molar-refractivity contribution in [1.29, 1.82) is 0 Å². The van der Waals surface area contributed by atoms with Gasteiger partial charge in [-0.05, 0) is 6.42 Å². The van der Waals surface area contributed by atoms with Crippen molar-refractivity contribution in [3.63, 3.8) is 0 Å². The van der Waals surface area contributed by atoms with E-state index in [1.54, 1.807) is 7.11 Å². The first-order valence-electron chi connectivity index (χ1n) is 5.49. The van der Waals surface area contributed by atoms with Crippen LogP contribution in [0.4, 0.5) is 0 Å². The molecule has 0 amide bonds. The van der Waals surface area contributed by atoms with Crippen LogP contribution < -0.4 is 5.32 Å². The number of hydrogen-bond acceptors (Lipinski definition) is 6. The van der Waals surface area contributed by atoms with Crippen molar-refractivity contribution < 1.29 is 23.8 Å². The number of methoxy groups -OCH3 is 3. The number of carbonyl (C=O) groups excluding carboxylic acids is 2. The Morgan fingerprint density at radius 1 is 1.18 bits per heavy atom. The fraction of sp³-hybridized carbons (Fsp3) is 0.818. The molecule has 0 aromatic heterocycles. The van der Waals surface area contributed by atoms with E-state index in [-0.39, 0.29) is 12.5 Å². The lowest BCUT2D eigenvalue weighted by Gasteiger charge is -2.19. The van der Waals surface area contributed by atoms with Crippen LogP contribution in [0.1, 0.15) is 19.8 Å². The molecule has 0 aromatic rings. The molecular weight excluding hydrogens is 226 g/mol. The van der Waals surface area contributed by atoms with Gasteiger partial charge in [0, 0.05) is 13.7 Å². The highest BCUT2D eigenvalue weighted by molar-refractivity contribution is 5.82. The molecule has 6 heteroatoms. The minimum atomic E-state index is -0.698. The Morgan fingerprint density at radius 2 is 1.82 bits per heavy atom. The molecule has 0 aliphatic carbocycles. The normalized spacial score (nSPS) is 13.9. The number of carbonyl (C=O) groups is 2. The van der Waals surface area contributed by atoms with Gasteiger partial charge in [-0.2, -0.15) is 0 Å². The predicted molar refractivity (Wildman–Crippen MR) is 61.5 cm³/mol. The topological polar surface area (TPSA) is 73.9 Å². The Balaban J connectivity index is 4.28. The van der Waals surface area contributed by atoms with Crippen molar-refractivity contribution in [2.24, 2.45) is 0 Å². The average molecular weight is 247 g/mol. The van der Waals surface area contributed by atoms with E-state index in [2.05, 4.69) is 14.8 Å². The molecule has 2 unspecified atom stereocenters. The van der Waals surface area contributed by atoms with Gasteiger partial charge < -0.3 is 19.5 Å². The summed E-state index contributed by atoms with van der Waals surface area (Å²) in [7, 11) is 4.16. The van der Waals surface area contributed by atoms with Crippen molar-refractivity contribution in [2.45, 2.75) is 31.9 Å². The van der Waals surface area contributed by atoms with Gasteiger partial charge in [0.25, 0.3) is 0 Å². The lowest BCUT2D eigenvalue weighted by molar-refractivity contribution is -0.149. The molecule has 6 nitrogen and oxygen atoms in total. The third kappa shape index (κ3) is 6.23. The summed E-state index contributed by atoms with van der Waals surface area (Å²) in [6.07, 6.45) is 0.763. The zero-order valence-electron chi connectivity index (χ0n) is 10.8. The van der Waals surface area contributed by atoms with Crippen molar-refractivity contribution in [1.82, 2.24) is 5.32 Å². The maximum atomic E-state index is 11.4. The van der Waals surface area contributed by atoms with Gasteiger partial charge in [-0.1, -0.05) is 6.92 Å². The molecule has 0 aromatic carbocycles. The van der Waals surface area contributed by atoms with Crippen LogP contribution >= 0.6 is 0 Å². The smallest absolute Gasteiger partial charge is 0.323 e. The van der Waals surface area contributed by atoms with Gasteiger partial charge in [-0.3, -0.25) is 9.59 Å². The van der Waals surface area contributed by atoms with E-state index in [0.29, 0.717) is 6.54 Å². The van der Waals surface area contributed by atoms with E-state index in [0.717, 1.165) is 6.42 Å². The lowest BCUT2D eigenvalue weighted by Crippen LogP contribution is -2.43. The SMILES string of the molecule is CCC(CNC(CC(=O)OC)C(=O)OC)OC. The van der Waals surface area contributed by atoms with Crippen LogP contribution in [0.5, 0.6) is 0 Å². The van der Waals surface area contributed by atoms with Gasteiger partial charge in [-0.25, -0.2) is 0 Å². The first-order valence-corrected chi connectivity index (χ1v) is 5.49. The third-order valence-electron chi connectivity index (χ3n) is 2.46. The van der Waals surface area contributed by atoms with Crippen LogP contribution in [0.3, 0.4) is 0 Å². The Labute approximate surface area is 102 Å². The van der Waals surface area contributed by atoms with Crippen LogP contribution in [0.2, 0.25) is 0 Å². The molecule has 17 heavy (non-hydrogen) atoms. The average Bonchev–Trinajstić information content (AvgIpc) is 2.37. The first kappa shape index (κ1) is 15.9. The second kappa shape index (κ2) is 8.95. The molecule has 0 heterocycles. The second-order valence-corrected chi connectivity index (χ2v) is 3.53.